The molecule has 1 rings (SSSR count). The van der Waals surface area contributed by atoms with Gasteiger partial charge in [-0.05, 0) is 36.8 Å². The minimum atomic E-state index is -5.18. The van der Waals surface area contributed by atoms with Crippen LogP contribution in [-0.2, 0) is 25.5 Å². The molecule has 0 heterocycles. The normalized spacial score (nSPS) is 13.4. The summed E-state index contributed by atoms with van der Waals surface area (Å²) in [6.45, 7) is 3.66. The monoisotopic (exact) mass is 602 g/mol. The topological polar surface area (TPSA) is 105 Å². The van der Waals surface area contributed by atoms with Gasteiger partial charge in [-0.3, -0.25) is 14.4 Å². The zero-order valence-corrected chi connectivity index (χ0v) is 25.2. The van der Waals surface area contributed by atoms with E-state index in [9.17, 15) is 32.7 Å². The maximum atomic E-state index is 13.0. The number of methoxy groups -OCH3 is 1. The molecule has 7 nitrogen and oxygen atoms in total. The number of thioether (sulfide) groups is 1. The van der Waals surface area contributed by atoms with Crippen LogP contribution in [0.25, 0.3) is 4.91 Å². The highest BCUT2D eigenvalue weighted by Gasteiger charge is 2.41. The first-order valence-corrected chi connectivity index (χ1v) is 15.3. The van der Waals surface area contributed by atoms with Crippen molar-refractivity contribution in [3.63, 3.8) is 0 Å². The molecule has 0 saturated heterocycles. The Morgan fingerprint density at radius 1 is 1.00 bits per heavy atom. The number of rotatable bonds is 20. The molecule has 0 fully saturated rings. The third-order valence-electron chi connectivity index (χ3n) is 6.44. The highest BCUT2D eigenvalue weighted by Crippen LogP contribution is 2.30. The number of ether oxygens (including phenoxy) is 1. The van der Waals surface area contributed by atoms with Gasteiger partial charge in [0.15, 0.2) is 0 Å². The van der Waals surface area contributed by atoms with E-state index in [1.54, 1.807) is 5.32 Å². The molecule has 0 aliphatic heterocycles. The van der Waals surface area contributed by atoms with Crippen LogP contribution in [0.5, 0.6) is 0 Å². The van der Waals surface area contributed by atoms with E-state index in [-0.39, 0.29) is 5.75 Å². The van der Waals surface area contributed by atoms with Gasteiger partial charge >= 0.3 is 18.1 Å². The Bertz CT molecular complexity index is 954. The maximum Gasteiger partial charge on any atom is 0.471 e. The van der Waals surface area contributed by atoms with Crippen LogP contribution < -0.4 is 10.6 Å². The molecular formula is C30H45F3N2O5S. The Balaban J connectivity index is 3.04. The van der Waals surface area contributed by atoms with Crippen molar-refractivity contribution < 1.29 is 37.4 Å². The van der Waals surface area contributed by atoms with Crippen LogP contribution in [-0.4, -0.2) is 60.6 Å². The number of amides is 2. The van der Waals surface area contributed by atoms with Gasteiger partial charge in [0.05, 0.1) is 13.2 Å². The van der Waals surface area contributed by atoms with Crippen molar-refractivity contribution in [2.45, 2.75) is 103 Å². The van der Waals surface area contributed by atoms with Crippen LogP contribution in [0.3, 0.4) is 0 Å². The van der Waals surface area contributed by atoms with Gasteiger partial charge < -0.3 is 20.5 Å². The molecule has 0 aliphatic carbocycles. The van der Waals surface area contributed by atoms with Crippen LogP contribution in [0, 0.1) is 0 Å². The number of nitrogens with one attached hydrogen (secondary N) is 2. The minimum Gasteiger partial charge on any atom is -0.468 e. The fourth-order valence-corrected chi connectivity index (χ4v) is 5.05. The average molecular weight is 603 g/mol. The molecule has 3 N–H and O–H groups in total. The van der Waals surface area contributed by atoms with Crippen molar-refractivity contribution >= 4 is 34.5 Å². The standard InChI is InChI=1S/C30H45F3N2O5S/c1-4-6-8-9-10-11-12-22-14-16-23(17-15-22)26(19-18-24(36)13-7-5-2)41-21-25(35-29(39)30(31,32)33)28(38)34-20-27(37)40-3/h14-17,19,24-25,36H,4-13,18,20-21H2,1-3H3,(H,34,38)(H,35,39)/t24-,25?/m1/s1. The summed E-state index contributed by atoms with van der Waals surface area (Å²) in [4.78, 5) is 36.3. The van der Waals surface area contributed by atoms with Crippen molar-refractivity contribution in [3.8, 4) is 0 Å². The van der Waals surface area contributed by atoms with Gasteiger partial charge in [-0.25, -0.2) is 0 Å². The molecule has 0 saturated carbocycles. The predicted molar refractivity (Wildman–Crippen MR) is 157 cm³/mol. The summed E-state index contributed by atoms with van der Waals surface area (Å²) in [5.74, 6) is -4.21. The highest BCUT2D eigenvalue weighted by molar-refractivity contribution is 8.08. The molecular weight excluding hydrogens is 557 g/mol. The van der Waals surface area contributed by atoms with Gasteiger partial charge in [-0.2, -0.15) is 13.2 Å². The van der Waals surface area contributed by atoms with E-state index in [0.29, 0.717) is 17.7 Å². The molecule has 1 unspecified atom stereocenters. The third kappa shape index (κ3) is 15.9. The van der Waals surface area contributed by atoms with Gasteiger partial charge in [-0.1, -0.05) is 89.1 Å². The average Bonchev–Trinajstić information content (AvgIpc) is 2.95. The number of benzene rings is 1. The molecule has 0 aromatic heterocycles. The quantitative estimate of drug-likeness (QED) is 0.126. The van der Waals surface area contributed by atoms with Gasteiger partial charge in [0.25, 0.3) is 0 Å². The fourth-order valence-electron chi connectivity index (χ4n) is 3.96. The van der Waals surface area contributed by atoms with E-state index < -0.39 is 42.7 Å². The zero-order valence-electron chi connectivity index (χ0n) is 24.4. The molecule has 0 radical (unpaired) electrons. The van der Waals surface area contributed by atoms with E-state index >= 15 is 0 Å². The van der Waals surface area contributed by atoms with E-state index in [1.807, 2.05) is 37.3 Å². The zero-order chi connectivity index (χ0) is 30.7. The number of aryl methyl sites for hydroxylation is 1. The first kappa shape index (κ1) is 36.5. The second-order valence-electron chi connectivity index (χ2n) is 9.94. The van der Waals surface area contributed by atoms with Crippen LogP contribution in [0.1, 0.15) is 89.2 Å². The second-order valence-corrected chi connectivity index (χ2v) is 11.0. The number of halogens is 3. The number of hydrogen-bond acceptors (Lipinski definition) is 6. The van der Waals surface area contributed by atoms with Crippen molar-refractivity contribution in [3.05, 3.63) is 41.5 Å². The lowest BCUT2D eigenvalue weighted by Crippen LogP contribution is -2.52. The van der Waals surface area contributed by atoms with Crippen LogP contribution in [0.2, 0.25) is 0 Å². The molecule has 2 amide bonds. The van der Waals surface area contributed by atoms with Gasteiger partial charge in [0, 0.05) is 10.7 Å². The number of unbranched alkanes of at least 4 members (excludes halogenated alkanes) is 6. The molecule has 2 atom stereocenters. The summed E-state index contributed by atoms with van der Waals surface area (Å²) in [7, 11) is 1.11. The van der Waals surface area contributed by atoms with E-state index in [0.717, 1.165) is 50.1 Å². The Morgan fingerprint density at radius 2 is 1.63 bits per heavy atom. The number of carbonyl (C=O) groups excluding carboxylic acids is 3. The number of aliphatic hydroxyl groups excluding tert-OH is 1. The second kappa shape index (κ2) is 20.4. The molecule has 1 aromatic carbocycles. The van der Waals surface area contributed by atoms with Crippen molar-refractivity contribution in [2.75, 3.05) is 19.4 Å². The number of hydrogen-bond donors (Lipinski definition) is 3. The SMILES string of the molecule is CCCCCCCCc1ccc(C(=CC[C@H](O)CCCC)SCC(NC(=O)C(F)(F)F)C(=O)NCC(=O)OC)cc1. The van der Waals surface area contributed by atoms with Crippen LogP contribution in [0.4, 0.5) is 13.2 Å². The Kier molecular flexibility index (Phi) is 18.1. The molecule has 41 heavy (non-hydrogen) atoms. The van der Waals surface area contributed by atoms with Gasteiger partial charge in [-0.15, -0.1) is 11.8 Å². The summed E-state index contributed by atoms with van der Waals surface area (Å²) in [6, 6.07) is 6.29. The number of carbonyl (C=O) groups is 3. The first-order chi connectivity index (χ1) is 19.5. The lowest BCUT2D eigenvalue weighted by atomic mass is 10.0. The molecule has 0 bridgehead atoms. The summed E-state index contributed by atoms with van der Waals surface area (Å²) in [5.41, 5.74) is 1.97. The van der Waals surface area contributed by atoms with Crippen molar-refractivity contribution in [2.24, 2.45) is 0 Å². The smallest absolute Gasteiger partial charge is 0.468 e. The largest absolute Gasteiger partial charge is 0.471 e. The highest BCUT2D eigenvalue weighted by atomic mass is 32.2. The molecule has 0 spiro atoms. The Morgan fingerprint density at radius 3 is 2.24 bits per heavy atom. The number of esters is 1. The summed E-state index contributed by atoms with van der Waals surface area (Å²) in [6.07, 6.45) is 6.90. The summed E-state index contributed by atoms with van der Waals surface area (Å²) >= 11 is 1.10. The Labute approximate surface area is 246 Å². The van der Waals surface area contributed by atoms with Crippen molar-refractivity contribution in [1.29, 1.82) is 0 Å². The third-order valence-corrected chi connectivity index (χ3v) is 7.66. The molecule has 232 valence electrons. The number of aliphatic hydroxyl groups is 1. The van der Waals surface area contributed by atoms with Gasteiger partial charge in [0.1, 0.15) is 12.6 Å². The lowest BCUT2D eigenvalue weighted by Gasteiger charge is -2.20. The molecule has 0 aliphatic rings. The Hall–Kier alpha value is -2.53. The van der Waals surface area contributed by atoms with E-state index in [4.69, 9.17) is 0 Å². The molecule has 1 aromatic rings. The number of alkyl halides is 3. The van der Waals surface area contributed by atoms with Crippen molar-refractivity contribution in [1.82, 2.24) is 10.6 Å². The summed E-state index contributed by atoms with van der Waals surface area (Å²) in [5, 5.41) is 14.3. The maximum absolute atomic E-state index is 13.0. The van der Waals surface area contributed by atoms with E-state index in [2.05, 4.69) is 17.0 Å². The van der Waals surface area contributed by atoms with Crippen LogP contribution in [0.15, 0.2) is 30.3 Å². The molecule has 11 heteroatoms. The minimum absolute atomic E-state index is 0.231. The summed E-state index contributed by atoms with van der Waals surface area (Å²) < 4.78 is 43.3. The van der Waals surface area contributed by atoms with E-state index in [1.165, 1.54) is 37.7 Å². The van der Waals surface area contributed by atoms with Crippen LogP contribution >= 0.6 is 11.8 Å². The first-order valence-electron chi connectivity index (χ1n) is 14.3. The fraction of sp³-hybridized carbons (Fsp3) is 0.633. The predicted octanol–water partition coefficient (Wildman–Crippen LogP) is 5.94. The van der Waals surface area contributed by atoms with Gasteiger partial charge in [0.2, 0.25) is 5.91 Å². The lowest BCUT2D eigenvalue weighted by molar-refractivity contribution is -0.174.